The van der Waals surface area contributed by atoms with Gasteiger partial charge >= 0.3 is 0 Å². The molecule has 1 aliphatic heterocycles. The standard InChI is InChI=1S/C18H19ClFN3O/c19-14-6-2-1-4-12(14)13-5-3-7-15(17(13)20)23-18(24)16-9-8-11(21)10-22-16/h1-7,11,16,22H,8-10,21H2,(H,23,24)/t11-,16+/m1/s1. The van der Waals surface area contributed by atoms with Crippen molar-refractivity contribution in [3.8, 4) is 11.1 Å². The Morgan fingerprint density at radius 2 is 1.92 bits per heavy atom. The Bertz CT molecular complexity index is 745. The summed E-state index contributed by atoms with van der Waals surface area (Å²) in [6, 6.07) is 11.6. The van der Waals surface area contributed by atoms with Gasteiger partial charge in [0.25, 0.3) is 0 Å². The number of carbonyl (C=O) groups is 1. The zero-order valence-corrected chi connectivity index (χ0v) is 13.8. The van der Waals surface area contributed by atoms with Crippen molar-refractivity contribution in [3.63, 3.8) is 0 Å². The smallest absolute Gasteiger partial charge is 0.241 e. The Balaban J connectivity index is 1.81. The third-order valence-corrected chi connectivity index (χ3v) is 4.52. The molecule has 2 aromatic carbocycles. The molecule has 1 fully saturated rings. The lowest BCUT2D eigenvalue weighted by atomic mass is 10.0. The van der Waals surface area contributed by atoms with Crippen molar-refractivity contribution in [1.29, 1.82) is 0 Å². The molecule has 0 aromatic heterocycles. The van der Waals surface area contributed by atoms with Crippen LogP contribution in [0.2, 0.25) is 5.02 Å². The van der Waals surface area contributed by atoms with Gasteiger partial charge in [-0.25, -0.2) is 4.39 Å². The molecular formula is C18H19ClFN3O. The summed E-state index contributed by atoms with van der Waals surface area (Å²) in [4.78, 5) is 12.3. The van der Waals surface area contributed by atoms with Crippen LogP contribution in [-0.4, -0.2) is 24.5 Å². The highest BCUT2D eigenvalue weighted by Gasteiger charge is 2.25. The molecule has 24 heavy (non-hydrogen) atoms. The molecule has 0 aliphatic carbocycles. The fourth-order valence-electron chi connectivity index (χ4n) is 2.84. The van der Waals surface area contributed by atoms with Gasteiger partial charge in [0.2, 0.25) is 5.91 Å². The first-order chi connectivity index (χ1) is 11.6. The van der Waals surface area contributed by atoms with Crippen molar-refractivity contribution in [3.05, 3.63) is 53.3 Å². The monoisotopic (exact) mass is 347 g/mol. The van der Waals surface area contributed by atoms with Crippen LogP contribution in [0, 0.1) is 5.82 Å². The highest BCUT2D eigenvalue weighted by atomic mass is 35.5. The van der Waals surface area contributed by atoms with E-state index in [1.807, 2.05) is 0 Å². The number of rotatable bonds is 3. The summed E-state index contributed by atoms with van der Waals surface area (Å²) >= 11 is 6.15. The van der Waals surface area contributed by atoms with E-state index in [2.05, 4.69) is 10.6 Å². The molecule has 0 bridgehead atoms. The molecular weight excluding hydrogens is 329 g/mol. The van der Waals surface area contributed by atoms with Gasteiger partial charge in [-0.1, -0.05) is 41.9 Å². The first-order valence-electron chi connectivity index (χ1n) is 7.89. The van der Waals surface area contributed by atoms with E-state index in [1.54, 1.807) is 42.5 Å². The molecule has 0 spiro atoms. The zero-order valence-electron chi connectivity index (χ0n) is 13.1. The second-order valence-electron chi connectivity index (χ2n) is 5.93. The Hall–Kier alpha value is -1.95. The van der Waals surface area contributed by atoms with Crippen molar-refractivity contribution in [1.82, 2.24) is 5.32 Å². The molecule has 1 amide bonds. The number of hydrogen-bond donors (Lipinski definition) is 3. The number of benzene rings is 2. The third-order valence-electron chi connectivity index (χ3n) is 4.19. The average Bonchev–Trinajstić information content (AvgIpc) is 2.58. The molecule has 4 nitrogen and oxygen atoms in total. The lowest BCUT2D eigenvalue weighted by Crippen LogP contribution is -2.50. The number of nitrogens with one attached hydrogen (secondary N) is 2. The second-order valence-corrected chi connectivity index (χ2v) is 6.34. The molecule has 1 saturated heterocycles. The number of hydrogen-bond acceptors (Lipinski definition) is 3. The molecule has 4 N–H and O–H groups in total. The molecule has 1 heterocycles. The van der Waals surface area contributed by atoms with Crippen LogP contribution >= 0.6 is 11.6 Å². The van der Waals surface area contributed by atoms with Gasteiger partial charge in [-0.3, -0.25) is 4.79 Å². The summed E-state index contributed by atoms with van der Waals surface area (Å²) in [6.45, 7) is 0.584. The lowest BCUT2D eigenvalue weighted by molar-refractivity contribution is -0.118. The van der Waals surface area contributed by atoms with Crippen LogP contribution in [0.5, 0.6) is 0 Å². The molecule has 2 aromatic rings. The Labute approximate surface area is 145 Å². The Morgan fingerprint density at radius 1 is 1.17 bits per heavy atom. The minimum absolute atomic E-state index is 0.0642. The number of anilines is 1. The zero-order chi connectivity index (χ0) is 17.1. The largest absolute Gasteiger partial charge is 0.327 e. The number of nitrogens with two attached hydrogens (primary N) is 1. The van der Waals surface area contributed by atoms with E-state index >= 15 is 0 Å². The van der Waals surface area contributed by atoms with E-state index in [1.165, 1.54) is 0 Å². The van der Waals surface area contributed by atoms with E-state index in [0.717, 1.165) is 6.42 Å². The average molecular weight is 348 g/mol. The SMILES string of the molecule is N[C@@H]1CC[C@@H](C(=O)Nc2cccc(-c3ccccc3Cl)c2F)NC1. The molecule has 1 aliphatic rings. The normalized spacial score (nSPS) is 20.6. The molecule has 126 valence electrons. The van der Waals surface area contributed by atoms with Crippen molar-refractivity contribution in [2.45, 2.75) is 24.9 Å². The molecule has 6 heteroatoms. The predicted molar refractivity (Wildman–Crippen MR) is 94.5 cm³/mol. The van der Waals surface area contributed by atoms with Gasteiger partial charge in [-0.2, -0.15) is 0 Å². The fourth-order valence-corrected chi connectivity index (χ4v) is 3.08. The van der Waals surface area contributed by atoms with Gasteiger partial charge in [-0.05, 0) is 25.0 Å². The van der Waals surface area contributed by atoms with Crippen molar-refractivity contribution in [2.75, 3.05) is 11.9 Å². The predicted octanol–water partition coefficient (Wildman–Crippen LogP) is 3.16. The van der Waals surface area contributed by atoms with E-state index in [4.69, 9.17) is 17.3 Å². The molecule has 3 rings (SSSR count). The van der Waals surface area contributed by atoms with Gasteiger partial charge in [-0.15, -0.1) is 0 Å². The second kappa shape index (κ2) is 7.30. The number of halogens is 2. The van der Waals surface area contributed by atoms with E-state index < -0.39 is 5.82 Å². The fraction of sp³-hybridized carbons (Fsp3) is 0.278. The van der Waals surface area contributed by atoms with E-state index in [-0.39, 0.29) is 23.7 Å². The van der Waals surface area contributed by atoms with Crippen LogP contribution in [0.3, 0.4) is 0 Å². The van der Waals surface area contributed by atoms with Gasteiger partial charge in [0.1, 0.15) is 0 Å². The van der Waals surface area contributed by atoms with Crippen molar-refractivity contribution >= 4 is 23.2 Å². The highest BCUT2D eigenvalue weighted by Crippen LogP contribution is 2.32. The summed E-state index contributed by atoms with van der Waals surface area (Å²) < 4.78 is 14.8. The molecule has 2 atom stereocenters. The third kappa shape index (κ3) is 3.59. The van der Waals surface area contributed by atoms with Crippen LogP contribution in [-0.2, 0) is 4.79 Å². The maximum Gasteiger partial charge on any atom is 0.241 e. The van der Waals surface area contributed by atoms with Gasteiger partial charge in [0.05, 0.1) is 11.7 Å². The molecule has 0 radical (unpaired) electrons. The van der Waals surface area contributed by atoms with Gasteiger partial charge in [0.15, 0.2) is 5.82 Å². The summed E-state index contributed by atoms with van der Waals surface area (Å²) in [5.41, 5.74) is 6.90. The number of carbonyl (C=O) groups excluding carboxylic acids is 1. The summed E-state index contributed by atoms with van der Waals surface area (Å²) in [5.74, 6) is -0.747. The first-order valence-corrected chi connectivity index (χ1v) is 8.27. The van der Waals surface area contributed by atoms with Crippen molar-refractivity contribution in [2.24, 2.45) is 5.73 Å². The lowest BCUT2D eigenvalue weighted by Gasteiger charge is -2.26. The van der Waals surface area contributed by atoms with Gasteiger partial charge < -0.3 is 16.4 Å². The first kappa shape index (κ1) is 16.9. The Morgan fingerprint density at radius 3 is 2.62 bits per heavy atom. The summed E-state index contributed by atoms with van der Waals surface area (Å²) in [7, 11) is 0. The van der Waals surface area contributed by atoms with Crippen LogP contribution in [0.4, 0.5) is 10.1 Å². The Kier molecular flexibility index (Phi) is 5.14. The molecule has 0 unspecified atom stereocenters. The number of amides is 1. The van der Waals surface area contributed by atoms with Gasteiger partial charge in [0, 0.05) is 28.7 Å². The maximum absolute atomic E-state index is 14.8. The molecule has 0 saturated carbocycles. The summed E-state index contributed by atoms with van der Waals surface area (Å²) in [5, 5.41) is 6.21. The van der Waals surface area contributed by atoms with Crippen LogP contribution in [0.15, 0.2) is 42.5 Å². The highest BCUT2D eigenvalue weighted by molar-refractivity contribution is 6.33. The minimum atomic E-state index is -0.494. The number of piperidine rings is 1. The van der Waals surface area contributed by atoms with Crippen LogP contribution in [0.25, 0.3) is 11.1 Å². The van der Waals surface area contributed by atoms with Crippen LogP contribution in [0.1, 0.15) is 12.8 Å². The van der Waals surface area contributed by atoms with Crippen LogP contribution < -0.4 is 16.4 Å². The van der Waals surface area contributed by atoms with E-state index in [9.17, 15) is 9.18 Å². The van der Waals surface area contributed by atoms with E-state index in [0.29, 0.717) is 29.1 Å². The quantitative estimate of drug-likeness (QED) is 0.799. The minimum Gasteiger partial charge on any atom is -0.327 e. The maximum atomic E-state index is 14.8. The topological polar surface area (TPSA) is 67.2 Å². The summed E-state index contributed by atoms with van der Waals surface area (Å²) in [6.07, 6.45) is 1.41. The van der Waals surface area contributed by atoms with Crippen molar-refractivity contribution < 1.29 is 9.18 Å².